The third-order valence-corrected chi connectivity index (χ3v) is 4.66. The number of pyridine rings is 1. The summed E-state index contributed by atoms with van der Waals surface area (Å²) in [5.74, 6) is 2.13. The van der Waals surface area contributed by atoms with Crippen molar-refractivity contribution in [2.45, 2.75) is 31.9 Å². The van der Waals surface area contributed by atoms with E-state index in [4.69, 9.17) is 5.73 Å². The highest BCUT2D eigenvalue weighted by Gasteiger charge is 2.39. The van der Waals surface area contributed by atoms with E-state index in [1.807, 2.05) is 0 Å². The molecule has 3 N–H and O–H groups in total. The molecule has 0 saturated heterocycles. The zero-order valence-corrected chi connectivity index (χ0v) is 11.1. The standard InChI is InChI=1S/C14H18F3N3/c15-14(16,17)13-5-12(11(18)7-20-13)19-6-10-4-8-1-2-9(10)3-8/h5,7-10H,1-4,6,18H2,(H,19,20). The van der Waals surface area contributed by atoms with Crippen LogP contribution in [0.1, 0.15) is 31.4 Å². The predicted molar refractivity (Wildman–Crippen MR) is 71.1 cm³/mol. The first kappa shape index (κ1) is 13.5. The van der Waals surface area contributed by atoms with E-state index in [-0.39, 0.29) is 5.69 Å². The molecule has 110 valence electrons. The molecule has 3 nitrogen and oxygen atoms in total. The van der Waals surface area contributed by atoms with Gasteiger partial charge in [-0.2, -0.15) is 13.2 Å². The van der Waals surface area contributed by atoms with Gasteiger partial charge in [0.25, 0.3) is 0 Å². The summed E-state index contributed by atoms with van der Waals surface area (Å²) >= 11 is 0. The molecule has 3 unspecified atom stereocenters. The van der Waals surface area contributed by atoms with Gasteiger partial charge in [0.2, 0.25) is 0 Å². The number of nitrogens with two attached hydrogens (primary N) is 1. The van der Waals surface area contributed by atoms with Gasteiger partial charge in [-0.05, 0) is 43.1 Å². The third kappa shape index (κ3) is 2.55. The lowest BCUT2D eigenvalue weighted by Gasteiger charge is -2.23. The highest BCUT2D eigenvalue weighted by Crippen LogP contribution is 2.48. The molecule has 3 atom stereocenters. The fraction of sp³-hybridized carbons (Fsp3) is 0.643. The van der Waals surface area contributed by atoms with E-state index in [1.165, 1.54) is 25.7 Å². The summed E-state index contributed by atoms with van der Waals surface area (Å²) in [6, 6.07) is 1.00. The summed E-state index contributed by atoms with van der Waals surface area (Å²) in [5.41, 5.74) is 5.41. The monoisotopic (exact) mass is 285 g/mol. The van der Waals surface area contributed by atoms with Gasteiger partial charge < -0.3 is 11.1 Å². The molecule has 1 heterocycles. The Morgan fingerprint density at radius 3 is 2.70 bits per heavy atom. The van der Waals surface area contributed by atoms with Crippen molar-refractivity contribution in [1.29, 1.82) is 0 Å². The number of fused-ring (bicyclic) bond motifs is 2. The number of nitrogens with one attached hydrogen (secondary N) is 1. The summed E-state index contributed by atoms with van der Waals surface area (Å²) in [6.07, 6.45) is 1.69. The van der Waals surface area contributed by atoms with Gasteiger partial charge in [0.1, 0.15) is 5.69 Å². The molecule has 2 aliphatic rings. The number of rotatable bonds is 3. The van der Waals surface area contributed by atoms with Gasteiger partial charge in [0, 0.05) is 6.54 Å². The van der Waals surface area contributed by atoms with E-state index in [0.29, 0.717) is 18.2 Å². The second-order valence-corrected chi connectivity index (χ2v) is 5.97. The quantitative estimate of drug-likeness (QED) is 0.893. The van der Waals surface area contributed by atoms with Crippen molar-refractivity contribution in [2.75, 3.05) is 17.6 Å². The van der Waals surface area contributed by atoms with E-state index in [0.717, 1.165) is 24.1 Å². The zero-order valence-electron chi connectivity index (χ0n) is 11.1. The molecule has 0 aromatic carbocycles. The maximum absolute atomic E-state index is 12.6. The molecule has 1 aromatic rings. The maximum atomic E-state index is 12.6. The van der Waals surface area contributed by atoms with Crippen molar-refractivity contribution in [1.82, 2.24) is 4.98 Å². The molecule has 2 bridgehead atoms. The Kier molecular flexibility index (Phi) is 3.26. The summed E-state index contributed by atoms with van der Waals surface area (Å²) < 4.78 is 37.9. The Labute approximate surface area is 115 Å². The second kappa shape index (κ2) is 4.82. The Morgan fingerprint density at radius 1 is 1.30 bits per heavy atom. The van der Waals surface area contributed by atoms with Gasteiger partial charge in [-0.25, -0.2) is 4.98 Å². The van der Waals surface area contributed by atoms with Crippen LogP contribution >= 0.6 is 0 Å². The van der Waals surface area contributed by atoms with E-state index < -0.39 is 11.9 Å². The molecule has 1 aromatic heterocycles. The van der Waals surface area contributed by atoms with Crippen LogP contribution in [0.3, 0.4) is 0 Å². The molecule has 3 rings (SSSR count). The molecule has 2 fully saturated rings. The lowest BCUT2D eigenvalue weighted by molar-refractivity contribution is -0.141. The van der Waals surface area contributed by atoms with Gasteiger partial charge in [0.15, 0.2) is 0 Å². The Hall–Kier alpha value is -1.46. The van der Waals surface area contributed by atoms with E-state index in [2.05, 4.69) is 10.3 Å². The first-order chi connectivity index (χ1) is 9.43. The first-order valence-electron chi connectivity index (χ1n) is 7.00. The Balaban J connectivity index is 1.68. The van der Waals surface area contributed by atoms with Crippen LogP contribution < -0.4 is 11.1 Å². The molecule has 0 spiro atoms. The second-order valence-electron chi connectivity index (χ2n) is 5.97. The summed E-state index contributed by atoms with van der Waals surface area (Å²) in [7, 11) is 0. The van der Waals surface area contributed by atoms with E-state index in [1.54, 1.807) is 0 Å². The summed E-state index contributed by atoms with van der Waals surface area (Å²) in [6.45, 7) is 0.701. The maximum Gasteiger partial charge on any atom is 0.433 e. The number of hydrogen-bond donors (Lipinski definition) is 2. The Morgan fingerprint density at radius 2 is 2.10 bits per heavy atom. The van der Waals surface area contributed by atoms with Gasteiger partial charge in [-0.15, -0.1) is 0 Å². The van der Waals surface area contributed by atoms with Crippen LogP contribution in [0.25, 0.3) is 0 Å². The zero-order chi connectivity index (χ0) is 14.3. The fourth-order valence-electron chi connectivity index (χ4n) is 3.64. The van der Waals surface area contributed by atoms with Crippen molar-refractivity contribution in [2.24, 2.45) is 17.8 Å². The molecule has 2 saturated carbocycles. The van der Waals surface area contributed by atoms with Crippen LogP contribution in [0.4, 0.5) is 24.5 Å². The number of aromatic nitrogens is 1. The molecule has 20 heavy (non-hydrogen) atoms. The highest BCUT2D eigenvalue weighted by molar-refractivity contribution is 5.65. The average Bonchev–Trinajstić information content (AvgIpc) is 2.98. The van der Waals surface area contributed by atoms with Crippen molar-refractivity contribution in [3.63, 3.8) is 0 Å². The molecular weight excluding hydrogens is 267 g/mol. The normalized spacial score (nSPS) is 28.9. The minimum absolute atomic E-state index is 0.265. The van der Waals surface area contributed by atoms with Gasteiger partial charge in [-0.1, -0.05) is 6.42 Å². The van der Waals surface area contributed by atoms with Crippen molar-refractivity contribution < 1.29 is 13.2 Å². The van der Waals surface area contributed by atoms with Crippen molar-refractivity contribution in [3.05, 3.63) is 18.0 Å². The molecule has 0 aliphatic heterocycles. The van der Waals surface area contributed by atoms with Gasteiger partial charge >= 0.3 is 6.18 Å². The predicted octanol–water partition coefficient (Wildman–Crippen LogP) is 3.53. The third-order valence-electron chi connectivity index (χ3n) is 4.66. The number of anilines is 2. The Bertz CT molecular complexity index is 501. The lowest BCUT2D eigenvalue weighted by atomic mass is 9.89. The van der Waals surface area contributed by atoms with Crippen LogP contribution in [0, 0.1) is 17.8 Å². The van der Waals surface area contributed by atoms with Crippen LogP contribution in [0.5, 0.6) is 0 Å². The number of nitrogens with zero attached hydrogens (tertiary/aromatic N) is 1. The lowest BCUT2D eigenvalue weighted by Crippen LogP contribution is -2.21. The summed E-state index contributed by atoms with van der Waals surface area (Å²) in [5, 5.41) is 3.09. The van der Waals surface area contributed by atoms with E-state index >= 15 is 0 Å². The molecule has 6 heteroatoms. The van der Waals surface area contributed by atoms with Crippen molar-refractivity contribution in [3.8, 4) is 0 Å². The number of hydrogen-bond acceptors (Lipinski definition) is 3. The fourth-order valence-corrected chi connectivity index (χ4v) is 3.64. The largest absolute Gasteiger partial charge is 0.433 e. The van der Waals surface area contributed by atoms with Gasteiger partial charge in [0.05, 0.1) is 17.6 Å². The van der Waals surface area contributed by atoms with Crippen LogP contribution in [0.15, 0.2) is 12.3 Å². The topological polar surface area (TPSA) is 50.9 Å². The van der Waals surface area contributed by atoms with Crippen LogP contribution in [-0.2, 0) is 6.18 Å². The number of halogens is 3. The van der Waals surface area contributed by atoms with Crippen LogP contribution in [-0.4, -0.2) is 11.5 Å². The number of nitrogen functional groups attached to an aromatic ring is 1. The molecule has 2 aliphatic carbocycles. The minimum Gasteiger partial charge on any atom is -0.396 e. The highest BCUT2D eigenvalue weighted by atomic mass is 19.4. The minimum atomic E-state index is -4.43. The van der Waals surface area contributed by atoms with Crippen molar-refractivity contribution >= 4 is 11.4 Å². The van der Waals surface area contributed by atoms with Crippen LogP contribution in [0.2, 0.25) is 0 Å². The average molecular weight is 285 g/mol. The van der Waals surface area contributed by atoms with Gasteiger partial charge in [-0.3, -0.25) is 0 Å². The summed E-state index contributed by atoms with van der Waals surface area (Å²) in [4.78, 5) is 3.34. The molecule has 0 amide bonds. The first-order valence-corrected chi connectivity index (χ1v) is 7.00. The molecule has 0 radical (unpaired) electrons. The SMILES string of the molecule is Nc1cnc(C(F)(F)F)cc1NCC1CC2CCC1C2. The smallest absolute Gasteiger partial charge is 0.396 e. The molecular formula is C14H18F3N3. The van der Waals surface area contributed by atoms with E-state index in [9.17, 15) is 13.2 Å². The number of alkyl halides is 3.